The van der Waals surface area contributed by atoms with Gasteiger partial charge in [0.05, 0.1) is 0 Å². The minimum atomic E-state index is -0.490. The molecule has 0 bridgehead atoms. The molecule has 1 aromatic carbocycles. The third-order valence-corrected chi connectivity index (χ3v) is 2.35. The van der Waals surface area contributed by atoms with E-state index < -0.39 is 11.9 Å². The van der Waals surface area contributed by atoms with Gasteiger partial charge in [0, 0.05) is 6.54 Å². The van der Waals surface area contributed by atoms with Gasteiger partial charge in [0.25, 0.3) is 5.91 Å². The van der Waals surface area contributed by atoms with Crippen LogP contribution in [0.5, 0.6) is 5.75 Å². The molecule has 0 saturated carbocycles. The van der Waals surface area contributed by atoms with E-state index in [1.807, 2.05) is 39.0 Å². The standard InChI is InChI=1S/C14H20N2O3/c1-4-5-15-14(18)16-13(17)9-19-12-7-10(2)6-11(3)8-12/h6-8H,4-5,9H2,1-3H3,(H2,15,16,17,18). The normalized spacial score (nSPS) is 9.84. The number of imide groups is 1. The van der Waals surface area contributed by atoms with E-state index in [1.165, 1.54) is 0 Å². The molecule has 1 aromatic rings. The summed E-state index contributed by atoms with van der Waals surface area (Å²) in [4.78, 5) is 22.7. The monoisotopic (exact) mass is 264 g/mol. The smallest absolute Gasteiger partial charge is 0.321 e. The lowest BCUT2D eigenvalue weighted by atomic mass is 10.1. The molecule has 0 spiro atoms. The van der Waals surface area contributed by atoms with Crippen LogP contribution in [0.2, 0.25) is 0 Å². The molecule has 0 fully saturated rings. The second kappa shape index (κ2) is 7.41. The molecule has 3 amide bonds. The van der Waals surface area contributed by atoms with Crippen LogP contribution >= 0.6 is 0 Å². The average molecular weight is 264 g/mol. The molecule has 0 aliphatic rings. The fraction of sp³-hybridized carbons (Fsp3) is 0.429. The van der Waals surface area contributed by atoms with Crippen molar-refractivity contribution in [1.29, 1.82) is 0 Å². The summed E-state index contributed by atoms with van der Waals surface area (Å²) >= 11 is 0. The van der Waals surface area contributed by atoms with Gasteiger partial charge in [0.1, 0.15) is 5.75 Å². The second-order valence-corrected chi connectivity index (χ2v) is 4.42. The molecule has 0 aliphatic carbocycles. The van der Waals surface area contributed by atoms with E-state index in [2.05, 4.69) is 10.6 Å². The van der Waals surface area contributed by atoms with Gasteiger partial charge in [0.2, 0.25) is 0 Å². The van der Waals surface area contributed by atoms with Crippen molar-refractivity contribution < 1.29 is 14.3 Å². The molecule has 5 heteroatoms. The summed E-state index contributed by atoms with van der Waals surface area (Å²) in [6.07, 6.45) is 0.820. The largest absolute Gasteiger partial charge is 0.484 e. The molecule has 0 heterocycles. The van der Waals surface area contributed by atoms with E-state index in [9.17, 15) is 9.59 Å². The lowest BCUT2D eigenvalue weighted by Gasteiger charge is -2.09. The number of nitrogens with one attached hydrogen (secondary N) is 2. The zero-order valence-electron chi connectivity index (χ0n) is 11.6. The Morgan fingerprint density at radius 2 is 1.79 bits per heavy atom. The summed E-state index contributed by atoms with van der Waals surface area (Å²) in [5, 5.41) is 4.75. The quantitative estimate of drug-likeness (QED) is 0.853. The predicted octanol–water partition coefficient (Wildman–Crippen LogP) is 1.92. The first-order valence-electron chi connectivity index (χ1n) is 6.30. The van der Waals surface area contributed by atoms with Crippen molar-refractivity contribution in [1.82, 2.24) is 10.6 Å². The van der Waals surface area contributed by atoms with Crippen LogP contribution in [0.15, 0.2) is 18.2 Å². The van der Waals surface area contributed by atoms with Crippen LogP contribution in [0.3, 0.4) is 0 Å². The van der Waals surface area contributed by atoms with Gasteiger partial charge < -0.3 is 10.1 Å². The molecular weight excluding hydrogens is 244 g/mol. The van der Waals surface area contributed by atoms with Gasteiger partial charge in [0.15, 0.2) is 6.61 Å². The van der Waals surface area contributed by atoms with E-state index in [-0.39, 0.29) is 6.61 Å². The highest BCUT2D eigenvalue weighted by Crippen LogP contribution is 2.15. The van der Waals surface area contributed by atoms with Crippen molar-refractivity contribution >= 4 is 11.9 Å². The summed E-state index contributed by atoms with van der Waals surface area (Å²) in [7, 11) is 0. The van der Waals surface area contributed by atoms with Crippen LogP contribution in [0.1, 0.15) is 24.5 Å². The number of amides is 3. The van der Waals surface area contributed by atoms with Crippen molar-refractivity contribution in [3.8, 4) is 5.75 Å². The van der Waals surface area contributed by atoms with Gasteiger partial charge in [-0.15, -0.1) is 0 Å². The number of hydrogen-bond donors (Lipinski definition) is 2. The Kier molecular flexibility index (Phi) is 5.85. The Bertz CT molecular complexity index is 438. The average Bonchev–Trinajstić information content (AvgIpc) is 2.33. The maximum atomic E-state index is 11.5. The molecule has 0 unspecified atom stereocenters. The third-order valence-electron chi connectivity index (χ3n) is 2.35. The number of ether oxygens (including phenoxy) is 1. The van der Waals surface area contributed by atoms with Crippen molar-refractivity contribution in [2.24, 2.45) is 0 Å². The zero-order chi connectivity index (χ0) is 14.3. The van der Waals surface area contributed by atoms with E-state index in [1.54, 1.807) is 0 Å². The van der Waals surface area contributed by atoms with E-state index in [4.69, 9.17) is 4.74 Å². The van der Waals surface area contributed by atoms with Crippen LogP contribution < -0.4 is 15.4 Å². The molecular formula is C14H20N2O3. The Labute approximate surface area is 113 Å². The van der Waals surface area contributed by atoms with Crippen LogP contribution in [0, 0.1) is 13.8 Å². The first kappa shape index (κ1) is 15.0. The molecule has 5 nitrogen and oxygen atoms in total. The van der Waals surface area contributed by atoms with Crippen LogP contribution in [-0.4, -0.2) is 25.1 Å². The van der Waals surface area contributed by atoms with Crippen molar-refractivity contribution in [2.75, 3.05) is 13.2 Å². The van der Waals surface area contributed by atoms with Gasteiger partial charge in [-0.25, -0.2) is 4.79 Å². The van der Waals surface area contributed by atoms with Crippen molar-refractivity contribution in [2.45, 2.75) is 27.2 Å². The molecule has 0 aliphatic heterocycles. The first-order chi connectivity index (χ1) is 9.01. The molecule has 0 saturated heterocycles. The molecule has 1 rings (SSSR count). The van der Waals surface area contributed by atoms with Crippen molar-refractivity contribution in [3.63, 3.8) is 0 Å². The maximum Gasteiger partial charge on any atom is 0.321 e. The van der Waals surface area contributed by atoms with E-state index in [0.29, 0.717) is 12.3 Å². The van der Waals surface area contributed by atoms with Gasteiger partial charge in [-0.2, -0.15) is 0 Å². The number of urea groups is 1. The van der Waals surface area contributed by atoms with Crippen molar-refractivity contribution in [3.05, 3.63) is 29.3 Å². The highest BCUT2D eigenvalue weighted by molar-refractivity contribution is 5.94. The van der Waals surface area contributed by atoms with Crippen LogP contribution in [0.25, 0.3) is 0 Å². The minimum absolute atomic E-state index is 0.178. The summed E-state index contributed by atoms with van der Waals surface area (Å²) in [6.45, 7) is 6.21. The molecule has 19 heavy (non-hydrogen) atoms. The molecule has 2 N–H and O–H groups in total. The van der Waals surface area contributed by atoms with Gasteiger partial charge in [-0.05, 0) is 43.5 Å². The molecule has 0 atom stereocenters. The Morgan fingerprint density at radius 3 is 2.37 bits per heavy atom. The van der Waals surface area contributed by atoms with Crippen LogP contribution in [0.4, 0.5) is 4.79 Å². The number of rotatable bonds is 5. The summed E-state index contributed by atoms with van der Waals surface area (Å²) < 4.78 is 5.34. The number of benzene rings is 1. The Morgan fingerprint density at radius 1 is 1.16 bits per heavy atom. The number of carbonyl (C=O) groups is 2. The van der Waals surface area contributed by atoms with E-state index >= 15 is 0 Å². The molecule has 104 valence electrons. The predicted molar refractivity (Wildman–Crippen MR) is 73.2 cm³/mol. The minimum Gasteiger partial charge on any atom is -0.484 e. The van der Waals surface area contributed by atoms with Gasteiger partial charge in [-0.1, -0.05) is 13.0 Å². The topological polar surface area (TPSA) is 67.4 Å². The maximum absolute atomic E-state index is 11.5. The SMILES string of the molecule is CCCNC(=O)NC(=O)COc1cc(C)cc(C)c1. The summed E-state index contributed by atoms with van der Waals surface area (Å²) in [5.41, 5.74) is 2.13. The van der Waals surface area contributed by atoms with Gasteiger partial charge in [-0.3, -0.25) is 10.1 Å². The Balaban J connectivity index is 2.39. The number of hydrogen-bond acceptors (Lipinski definition) is 3. The fourth-order valence-corrected chi connectivity index (χ4v) is 1.61. The highest BCUT2D eigenvalue weighted by Gasteiger charge is 2.07. The summed E-state index contributed by atoms with van der Waals surface area (Å²) in [5.74, 6) is 0.161. The zero-order valence-corrected chi connectivity index (χ0v) is 11.6. The fourth-order valence-electron chi connectivity index (χ4n) is 1.61. The third kappa shape index (κ3) is 5.90. The lowest BCUT2D eigenvalue weighted by molar-refractivity contribution is -0.122. The van der Waals surface area contributed by atoms with Crippen LogP contribution in [-0.2, 0) is 4.79 Å². The summed E-state index contributed by atoms with van der Waals surface area (Å²) in [6, 6.07) is 5.22. The van der Waals surface area contributed by atoms with E-state index in [0.717, 1.165) is 17.5 Å². The lowest BCUT2D eigenvalue weighted by Crippen LogP contribution is -2.41. The number of carbonyl (C=O) groups excluding carboxylic acids is 2. The Hall–Kier alpha value is -2.04. The van der Waals surface area contributed by atoms with Gasteiger partial charge >= 0.3 is 6.03 Å². The second-order valence-electron chi connectivity index (χ2n) is 4.42. The first-order valence-corrected chi connectivity index (χ1v) is 6.30. The molecule has 0 radical (unpaired) electrons. The highest BCUT2D eigenvalue weighted by atomic mass is 16.5. The molecule has 0 aromatic heterocycles. The number of aryl methyl sites for hydroxylation is 2.